The maximum atomic E-state index is 10.3. The lowest BCUT2D eigenvalue weighted by Crippen LogP contribution is -2.43. The van der Waals surface area contributed by atoms with Crippen molar-refractivity contribution in [3.63, 3.8) is 0 Å². The summed E-state index contributed by atoms with van der Waals surface area (Å²) in [6.07, 6.45) is 11.9. The van der Waals surface area contributed by atoms with Crippen LogP contribution in [0.5, 0.6) is 0 Å². The molecule has 0 saturated carbocycles. The molecule has 0 bridgehead atoms. The molecule has 0 spiro atoms. The minimum absolute atomic E-state index is 0.120. The summed E-state index contributed by atoms with van der Waals surface area (Å²) in [5.41, 5.74) is 0. The molecular formula is C15H24O3Si. The van der Waals surface area contributed by atoms with E-state index in [-0.39, 0.29) is 11.1 Å². The van der Waals surface area contributed by atoms with Gasteiger partial charge < -0.3 is 9.53 Å². The molecule has 0 saturated heterocycles. The highest BCUT2D eigenvalue weighted by Gasteiger charge is 2.38. The quantitative estimate of drug-likeness (QED) is 0.350. The first-order valence-electron chi connectivity index (χ1n) is 6.30. The van der Waals surface area contributed by atoms with Gasteiger partial charge in [0.05, 0.1) is 0 Å². The monoisotopic (exact) mass is 280 g/mol. The number of carboxylic acids is 1. The highest BCUT2D eigenvalue weighted by atomic mass is 28.4. The maximum absolute atomic E-state index is 10.3. The Morgan fingerprint density at radius 1 is 1.42 bits per heavy atom. The van der Waals surface area contributed by atoms with Crippen LogP contribution in [0.1, 0.15) is 27.2 Å². The third kappa shape index (κ3) is 6.99. The van der Waals surface area contributed by atoms with E-state index in [4.69, 9.17) is 16.0 Å². The molecule has 1 atom stereocenters. The van der Waals surface area contributed by atoms with Gasteiger partial charge in [0, 0.05) is 12.5 Å². The normalized spacial score (nSPS) is 14.7. The van der Waals surface area contributed by atoms with Gasteiger partial charge in [-0.25, -0.2) is 4.79 Å². The fourth-order valence-electron chi connectivity index (χ4n) is 1.10. The van der Waals surface area contributed by atoms with Gasteiger partial charge in [0.25, 0.3) is 0 Å². The molecule has 0 aromatic carbocycles. The van der Waals surface area contributed by atoms with Crippen LogP contribution in [0.25, 0.3) is 0 Å². The molecular weight excluding hydrogens is 256 g/mol. The van der Waals surface area contributed by atoms with Crippen molar-refractivity contribution in [1.82, 2.24) is 0 Å². The number of carbonyl (C=O) groups is 1. The van der Waals surface area contributed by atoms with E-state index in [9.17, 15) is 4.79 Å². The molecule has 0 aliphatic rings. The molecule has 0 aromatic rings. The zero-order chi connectivity index (χ0) is 15.1. The SMILES string of the molecule is C#C[C@H](C/C=C/C=C\C(=O)O)O[Si](C)(C)C(C)(C)C. The second kappa shape index (κ2) is 7.32. The lowest BCUT2D eigenvalue weighted by Gasteiger charge is -2.37. The summed E-state index contributed by atoms with van der Waals surface area (Å²) in [5, 5.41) is 8.56. The first-order valence-corrected chi connectivity index (χ1v) is 9.21. The van der Waals surface area contributed by atoms with E-state index in [0.29, 0.717) is 6.42 Å². The van der Waals surface area contributed by atoms with E-state index in [2.05, 4.69) is 39.8 Å². The van der Waals surface area contributed by atoms with Crippen molar-refractivity contribution in [3.8, 4) is 12.3 Å². The predicted molar refractivity (Wildman–Crippen MR) is 81.4 cm³/mol. The molecule has 0 heterocycles. The van der Waals surface area contributed by atoms with Gasteiger partial charge in [-0.2, -0.15) is 0 Å². The van der Waals surface area contributed by atoms with Crippen LogP contribution in [-0.4, -0.2) is 25.5 Å². The standard InChI is InChI=1S/C15H24O3Si/c1-7-13(11-9-8-10-12-14(16)17)18-19(5,6)15(2,3)4/h1,8-10,12-13H,11H2,2-6H3,(H,16,17)/b9-8+,12-10-/t13-/m1/s1. The smallest absolute Gasteiger partial charge is 0.328 e. The van der Waals surface area contributed by atoms with Crippen molar-refractivity contribution in [2.24, 2.45) is 0 Å². The summed E-state index contributed by atoms with van der Waals surface area (Å²) in [5.74, 6) is 1.69. The van der Waals surface area contributed by atoms with E-state index in [1.165, 1.54) is 6.08 Å². The molecule has 0 radical (unpaired) electrons. The molecule has 0 amide bonds. The summed E-state index contributed by atoms with van der Waals surface area (Å²) >= 11 is 0. The van der Waals surface area contributed by atoms with Crippen molar-refractivity contribution in [2.75, 3.05) is 0 Å². The van der Waals surface area contributed by atoms with Gasteiger partial charge in [-0.05, 0) is 18.1 Å². The number of rotatable bonds is 6. The molecule has 0 fully saturated rings. The zero-order valence-corrected chi connectivity index (χ0v) is 13.4. The zero-order valence-electron chi connectivity index (χ0n) is 12.4. The average Bonchev–Trinajstić information content (AvgIpc) is 2.24. The number of hydrogen-bond donors (Lipinski definition) is 1. The van der Waals surface area contributed by atoms with E-state index in [1.54, 1.807) is 6.08 Å². The topological polar surface area (TPSA) is 46.5 Å². The fourth-order valence-corrected chi connectivity index (χ4v) is 2.33. The Bertz CT molecular complexity index is 395. The number of aliphatic carboxylic acids is 1. The summed E-state index contributed by atoms with van der Waals surface area (Å²) < 4.78 is 6.09. The number of hydrogen-bond acceptors (Lipinski definition) is 2. The Morgan fingerprint density at radius 2 is 2.00 bits per heavy atom. The van der Waals surface area contributed by atoms with Crippen LogP contribution >= 0.6 is 0 Å². The number of carboxylic acid groups (broad SMARTS) is 1. The molecule has 106 valence electrons. The fraction of sp³-hybridized carbons (Fsp3) is 0.533. The first kappa shape index (κ1) is 17.7. The highest BCUT2D eigenvalue weighted by Crippen LogP contribution is 2.37. The summed E-state index contributed by atoms with van der Waals surface area (Å²) in [6, 6.07) is 0. The van der Waals surface area contributed by atoms with Crippen LogP contribution in [0.15, 0.2) is 24.3 Å². The maximum Gasteiger partial charge on any atom is 0.328 e. The Morgan fingerprint density at radius 3 is 2.42 bits per heavy atom. The minimum Gasteiger partial charge on any atom is -0.478 e. The van der Waals surface area contributed by atoms with E-state index >= 15 is 0 Å². The van der Waals surface area contributed by atoms with Crippen LogP contribution in [-0.2, 0) is 9.22 Å². The highest BCUT2D eigenvalue weighted by molar-refractivity contribution is 6.74. The lowest BCUT2D eigenvalue weighted by atomic mass is 10.2. The van der Waals surface area contributed by atoms with Crippen molar-refractivity contribution in [1.29, 1.82) is 0 Å². The van der Waals surface area contributed by atoms with Crippen LogP contribution in [0, 0.1) is 12.3 Å². The van der Waals surface area contributed by atoms with Crippen molar-refractivity contribution in [3.05, 3.63) is 24.3 Å². The molecule has 4 heteroatoms. The third-order valence-corrected chi connectivity index (χ3v) is 7.75. The molecule has 0 unspecified atom stereocenters. The first-order chi connectivity index (χ1) is 8.60. The van der Waals surface area contributed by atoms with Gasteiger partial charge >= 0.3 is 5.97 Å². The van der Waals surface area contributed by atoms with Gasteiger partial charge in [-0.3, -0.25) is 0 Å². The van der Waals surface area contributed by atoms with Crippen molar-refractivity contribution in [2.45, 2.75) is 51.4 Å². The van der Waals surface area contributed by atoms with Crippen molar-refractivity contribution < 1.29 is 14.3 Å². The largest absolute Gasteiger partial charge is 0.478 e. The van der Waals surface area contributed by atoms with Crippen LogP contribution < -0.4 is 0 Å². The lowest BCUT2D eigenvalue weighted by molar-refractivity contribution is -0.131. The minimum atomic E-state index is -1.86. The molecule has 0 aliphatic heterocycles. The van der Waals surface area contributed by atoms with Crippen molar-refractivity contribution >= 4 is 14.3 Å². The second-order valence-corrected chi connectivity index (χ2v) is 10.7. The Hall–Kier alpha value is -1.31. The summed E-state index contributed by atoms with van der Waals surface area (Å²) in [7, 11) is -1.86. The van der Waals surface area contributed by atoms with Gasteiger partial charge in [-0.1, -0.05) is 44.9 Å². The van der Waals surface area contributed by atoms with Gasteiger partial charge in [-0.15, -0.1) is 6.42 Å². The molecule has 3 nitrogen and oxygen atoms in total. The van der Waals surface area contributed by atoms with E-state index in [0.717, 1.165) is 6.08 Å². The average molecular weight is 280 g/mol. The summed E-state index contributed by atoms with van der Waals surface area (Å²) in [4.78, 5) is 10.3. The van der Waals surface area contributed by atoms with Gasteiger partial charge in [0.2, 0.25) is 0 Å². The van der Waals surface area contributed by atoms with E-state index in [1.807, 2.05) is 6.08 Å². The Kier molecular flexibility index (Phi) is 6.81. The van der Waals surface area contributed by atoms with Gasteiger partial charge in [0.15, 0.2) is 8.32 Å². The van der Waals surface area contributed by atoms with Crippen LogP contribution in [0.3, 0.4) is 0 Å². The van der Waals surface area contributed by atoms with Gasteiger partial charge in [0.1, 0.15) is 6.10 Å². The predicted octanol–water partition coefficient (Wildman–Crippen LogP) is 3.60. The Labute approximate surface area is 117 Å². The van der Waals surface area contributed by atoms with Crippen LogP contribution in [0.4, 0.5) is 0 Å². The third-order valence-electron chi connectivity index (χ3n) is 3.27. The molecule has 0 aliphatic carbocycles. The second-order valence-electron chi connectivity index (χ2n) is 5.89. The molecule has 0 aromatic heterocycles. The number of allylic oxidation sites excluding steroid dienone is 2. The Balaban J connectivity index is 4.47. The summed E-state index contributed by atoms with van der Waals surface area (Å²) in [6.45, 7) is 10.8. The molecule has 19 heavy (non-hydrogen) atoms. The van der Waals surface area contributed by atoms with E-state index < -0.39 is 14.3 Å². The molecule has 1 N–H and O–H groups in total. The molecule has 0 rings (SSSR count). The van der Waals surface area contributed by atoms with Crippen LogP contribution in [0.2, 0.25) is 18.1 Å². The number of terminal acetylenes is 1.